The molecule has 110 valence electrons. The third kappa shape index (κ3) is 4.03. The van der Waals surface area contributed by atoms with E-state index in [0.717, 1.165) is 10.0 Å². The van der Waals surface area contributed by atoms with Crippen LogP contribution in [-0.4, -0.2) is 23.2 Å². The van der Waals surface area contributed by atoms with Crippen molar-refractivity contribution >= 4 is 21.9 Å². The number of carbonyl (C=O) groups excluding carboxylic acids is 1. The molecule has 0 fully saturated rings. The first-order valence-corrected chi connectivity index (χ1v) is 6.98. The number of halogens is 1. The molecule has 0 bridgehead atoms. The van der Waals surface area contributed by atoms with Gasteiger partial charge in [0.15, 0.2) is 0 Å². The van der Waals surface area contributed by atoms with Crippen molar-refractivity contribution in [2.75, 3.05) is 7.11 Å². The third-order valence-electron chi connectivity index (χ3n) is 2.80. The fourth-order valence-electron chi connectivity index (χ4n) is 1.66. The highest BCUT2D eigenvalue weighted by molar-refractivity contribution is 9.10. The largest absolute Gasteiger partial charge is 0.486 e. The SMILES string of the molecule is COC(=O)c1ccc(COc2ccc(CO)cc2Br)nc1. The first kappa shape index (κ1) is 15.5. The number of rotatable bonds is 5. The predicted molar refractivity (Wildman–Crippen MR) is 80.0 cm³/mol. The molecule has 1 N–H and O–H groups in total. The number of methoxy groups -OCH3 is 1. The van der Waals surface area contributed by atoms with E-state index in [2.05, 4.69) is 25.7 Å². The van der Waals surface area contributed by atoms with Gasteiger partial charge in [0.2, 0.25) is 0 Å². The Morgan fingerprint density at radius 2 is 2.14 bits per heavy atom. The van der Waals surface area contributed by atoms with Crippen LogP contribution < -0.4 is 4.74 Å². The van der Waals surface area contributed by atoms with Gasteiger partial charge in [-0.3, -0.25) is 4.98 Å². The Hall–Kier alpha value is -1.92. The monoisotopic (exact) mass is 351 g/mol. The van der Waals surface area contributed by atoms with E-state index < -0.39 is 5.97 Å². The molecule has 1 aromatic heterocycles. The molecule has 2 aromatic rings. The molecule has 0 spiro atoms. The Balaban J connectivity index is 2.01. The van der Waals surface area contributed by atoms with Crippen molar-refractivity contribution in [2.45, 2.75) is 13.2 Å². The molecule has 0 amide bonds. The Kier molecular flexibility index (Phi) is 5.30. The lowest BCUT2D eigenvalue weighted by molar-refractivity contribution is 0.0600. The number of aromatic nitrogens is 1. The molecule has 1 aromatic carbocycles. The average molecular weight is 352 g/mol. The van der Waals surface area contributed by atoms with Crippen LogP contribution in [0.15, 0.2) is 41.0 Å². The summed E-state index contributed by atoms with van der Waals surface area (Å²) in [5.74, 6) is 0.239. The van der Waals surface area contributed by atoms with Crippen molar-refractivity contribution in [3.8, 4) is 5.75 Å². The zero-order valence-electron chi connectivity index (χ0n) is 11.4. The Morgan fingerprint density at radius 3 is 2.71 bits per heavy atom. The summed E-state index contributed by atoms with van der Waals surface area (Å²) in [7, 11) is 1.33. The van der Waals surface area contributed by atoms with E-state index in [1.807, 2.05) is 0 Å². The van der Waals surface area contributed by atoms with Crippen LogP contribution in [0.1, 0.15) is 21.6 Å². The van der Waals surface area contributed by atoms with Crippen LogP contribution in [0.4, 0.5) is 0 Å². The van der Waals surface area contributed by atoms with Crippen molar-refractivity contribution in [1.82, 2.24) is 4.98 Å². The molecule has 0 saturated heterocycles. The average Bonchev–Trinajstić information content (AvgIpc) is 2.53. The van der Waals surface area contributed by atoms with Crippen molar-refractivity contribution < 1.29 is 19.4 Å². The van der Waals surface area contributed by atoms with Gasteiger partial charge in [-0.05, 0) is 45.8 Å². The Morgan fingerprint density at radius 1 is 1.33 bits per heavy atom. The number of benzene rings is 1. The number of hydrogen-bond donors (Lipinski definition) is 1. The molecule has 0 aliphatic rings. The molecule has 0 radical (unpaired) electrons. The van der Waals surface area contributed by atoms with Crippen LogP contribution >= 0.6 is 15.9 Å². The summed E-state index contributed by atoms with van der Waals surface area (Å²) >= 11 is 3.38. The number of aliphatic hydroxyl groups excluding tert-OH is 1. The fourth-order valence-corrected chi connectivity index (χ4v) is 2.20. The lowest BCUT2D eigenvalue weighted by atomic mass is 10.2. The van der Waals surface area contributed by atoms with E-state index in [1.54, 1.807) is 30.3 Å². The highest BCUT2D eigenvalue weighted by Crippen LogP contribution is 2.26. The minimum atomic E-state index is -0.419. The van der Waals surface area contributed by atoms with Crippen LogP contribution in [0.3, 0.4) is 0 Å². The minimum Gasteiger partial charge on any atom is -0.486 e. The lowest BCUT2D eigenvalue weighted by Gasteiger charge is -2.09. The van der Waals surface area contributed by atoms with E-state index in [-0.39, 0.29) is 13.2 Å². The van der Waals surface area contributed by atoms with Crippen molar-refractivity contribution in [3.05, 3.63) is 57.8 Å². The second-order valence-corrected chi connectivity index (χ2v) is 5.10. The maximum Gasteiger partial charge on any atom is 0.339 e. The molecule has 0 aliphatic heterocycles. The second kappa shape index (κ2) is 7.19. The Labute approximate surface area is 130 Å². The van der Waals surface area contributed by atoms with Gasteiger partial charge < -0.3 is 14.6 Å². The third-order valence-corrected chi connectivity index (χ3v) is 3.42. The summed E-state index contributed by atoms with van der Waals surface area (Å²) in [4.78, 5) is 15.4. The lowest BCUT2D eigenvalue weighted by Crippen LogP contribution is -2.04. The van der Waals surface area contributed by atoms with Gasteiger partial charge >= 0.3 is 5.97 Å². The molecule has 0 unspecified atom stereocenters. The van der Waals surface area contributed by atoms with E-state index in [1.165, 1.54) is 13.3 Å². The van der Waals surface area contributed by atoms with Gasteiger partial charge in [0, 0.05) is 6.20 Å². The maximum absolute atomic E-state index is 11.3. The maximum atomic E-state index is 11.3. The molecule has 1 heterocycles. The fraction of sp³-hybridized carbons (Fsp3) is 0.200. The predicted octanol–water partition coefficient (Wildman–Crippen LogP) is 2.70. The second-order valence-electron chi connectivity index (χ2n) is 4.24. The number of aliphatic hydroxyl groups is 1. The zero-order valence-corrected chi connectivity index (χ0v) is 13.0. The number of esters is 1. The smallest absolute Gasteiger partial charge is 0.339 e. The summed E-state index contributed by atoms with van der Waals surface area (Å²) < 4.78 is 11.0. The van der Waals surface area contributed by atoms with Crippen molar-refractivity contribution in [3.63, 3.8) is 0 Å². The van der Waals surface area contributed by atoms with E-state index in [9.17, 15) is 4.79 Å². The van der Waals surface area contributed by atoms with Crippen LogP contribution in [-0.2, 0) is 18.0 Å². The molecule has 21 heavy (non-hydrogen) atoms. The quantitative estimate of drug-likeness (QED) is 0.838. The number of hydrogen-bond acceptors (Lipinski definition) is 5. The molecule has 5 nitrogen and oxygen atoms in total. The summed E-state index contributed by atoms with van der Waals surface area (Å²) in [5, 5.41) is 9.04. The zero-order chi connectivity index (χ0) is 15.2. The van der Waals surface area contributed by atoms with Gasteiger partial charge in [-0.15, -0.1) is 0 Å². The molecule has 0 saturated carbocycles. The highest BCUT2D eigenvalue weighted by atomic mass is 79.9. The van der Waals surface area contributed by atoms with Gasteiger partial charge in [-0.1, -0.05) is 6.07 Å². The molecular weight excluding hydrogens is 338 g/mol. The summed E-state index contributed by atoms with van der Waals surface area (Å²) in [6, 6.07) is 8.71. The van der Waals surface area contributed by atoms with Gasteiger partial charge in [-0.2, -0.15) is 0 Å². The van der Waals surface area contributed by atoms with Crippen molar-refractivity contribution in [1.29, 1.82) is 0 Å². The van der Waals surface area contributed by atoms with Crippen LogP contribution in [0.25, 0.3) is 0 Å². The van der Waals surface area contributed by atoms with Gasteiger partial charge in [0.1, 0.15) is 12.4 Å². The van der Waals surface area contributed by atoms with Crippen molar-refractivity contribution in [2.24, 2.45) is 0 Å². The molecule has 2 rings (SSSR count). The Bertz CT molecular complexity index is 628. The van der Waals surface area contributed by atoms with E-state index in [4.69, 9.17) is 9.84 Å². The molecular formula is C15H14BrNO4. The van der Waals surface area contributed by atoms with Crippen LogP contribution in [0.2, 0.25) is 0 Å². The van der Waals surface area contributed by atoms with E-state index in [0.29, 0.717) is 17.0 Å². The van der Waals surface area contributed by atoms with Crippen LogP contribution in [0.5, 0.6) is 5.75 Å². The van der Waals surface area contributed by atoms with Gasteiger partial charge in [0.05, 0.1) is 29.4 Å². The normalized spacial score (nSPS) is 10.2. The topological polar surface area (TPSA) is 68.7 Å². The van der Waals surface area contributed by atoms with Gasteiger partial charge in [0.25, 0.3) is 0 Å². The number of ether oxygens (including phenoxy) is 2. The summed E-state index contributed by atoms with van der Waals surface area (Å²) in [6.07, 6.45) is 1.45. The summed E-state index contributed by atoms with van der Waals surface area (Å²) in [5.41, 5.74) is 1.89. The number of carbonyl (C=O) groups is 1. The van der Waals surface area contributed by atoms with Gasteiger partial charge in [-0.25, -0.2) is 4.79 Å². The minimum absolute atomic E-state index is 0.0184. The molecule has 0 atom stereocenters. The standard InChI is InChI=1S/C15H14BrNO4/c1-20-15(19)11-3-4-12(17-7-11)9-21-14-5-2-10(8-18)6-13(14)16/h2-7,18H,8-9H2,1H3. The van der Waals surface area contributed by atoms with E-state index >= 15 is 0 Å². The molecule has 0 aliphatic carbocycles. The number of nitrogens with zero attached hydrogens (tertiary/aromatic N) is 1. The molecule has 6 heteroatoms. The number of pyridine rings is 1. The van der Waals surface area contributed by atoms with Crippen LogP contribution in [0, 0.1) is 0 Å². The summed E-state index contributed by atoms with van der Waals surface area (Å²) in [6.45, 7) is 0.258. The highest BCUT2D eigenvalue weighted by Gasteiger charge is 2.07. The first-order chi connectivity index (χ1) is 10.1. The first-order valence-electron chi connectivity index (χ1n) is 6.19.